The van der Waals surface area contributed by atoms with Crippen molar-refractivity contribution in [3.63, 3.8) is 0 Å². The van der Waals surface area contributed by atoms with Crippen molar-refractivity contribution in [3.8, 4) is 0 Å². The molecule has 0 heterocycles. The molecule has 0 rings (SSSR count). The van der Waals surface area contributed by atoms with Crippen LogP contribution in [0, 0.1) is 0 Å². The van der Waals surface area contributed by atoms with Crippen LogP contribution in [0.4, 0.5) is 0 Å². The quantitative estimate of drug-likeness (QED) is 0.519. The molecule has 4 N–H and O–H groups in total. The van der Waals surface area contributed by atoms with Gasteiger partial charge in [0.15, 0.2) is 0 Å². The fraction of sp³-hybridized carbons (Fsp3) is 0.833. The Morgan fingerprint density at radius 3 is 2.64 bits per heavy atom. The van der Waals surface area contributed by atoms with Crippen LogP contribution in [0.15, 0.2) is 0 Å². The van der Waals surface area contributed by atoms with Gasteiger partial charge in [0.05, 0.1) is 0 Å². The molecule has 0 aliphatic rings. The Morgan fingerprint density at radius 2 is 2.18 bits per heavy atom. The summed E-state index contributed by atoms with van der Waals surface area (Å²) in [4.78, 5) is 10.7. The van der Waals surface area contributed by atoms with Crippen LogP contribution in [0.25, 0.3) is 0 Å². The summed E-state index contributed by atoms with van der Waals surface area (Å²) in [6.07, 6.45) is 2.43. The molecule has 0 aliphatic heterocycles. The van der Waals surface area contributed by atoms with Crippen molar-refractivity contribution in [3.05, 3.63) is 0 Å². The van der Waals surface area contributed by atoms with Crippen molar-refractivity contribution in [1.29, 1.82) is 0 Å². The zero-order chi connectivity index (χ0) is 8.69. The number of unbranched alkanes of at least 4 members (excludes halogenated alkanes) is 1. The first-order valence-corrected chi connectivity index (χ1v) is 4.35. The number of nitrogens with two attached hydrogens (primary N) is 2. The molecule has 0 bridgehead atoms. The van der Waals surface area contributed by atoms with Crippen LogP contribution in [0.1, 0.15) is 19.3 Å². The van der Waals surface area contributed by atoms with Gasteiger partial charge in [0.25, 0.3) is 0 Å². The predicted molar refractivity (Wildman–Crippen MR) is 37.0 cm³/mol. The van der Waals surface area contributed by atoms with Gasteiger partial charge in [0, 0.05) is 0 Å². The Hall–Kier alpha value is 0.130. The van der Waals surface area contributed by atoms with Gasteiger partial charge >= 0.3 is 78.8 Å². The van der Waals surface area contributed by atoms with E-state index in [1.54, 1.807) is 21.5 Å². The van der Waals surface area contributed by atoms with E-state index < -0.39 is 6.04 Å². The number of hydrogen-bond donors (Lipinski definition) is 2. The summed E-state index contributed by atoms with van der Waals surface area (Å²) in [5, 5.41) is 0. The summed E-state index contributed by atoms with van der Waals surface area (Å²) >= 11 is 1.70. The monoisotopic (exact) mass is 342 g/mol. The molecule has 0 aromatic rings. The predicted octanol–water partition coefficient (Wildman–Crippen LogP) is -0.552. The van der Waals surface area contributed by atoms with Gasteiger partial charge in [-0.15, -0.1) is 0 Å². The maximum atomic E-state index is 10.7. The third-order valence-corrected chi connectivity index (χ3v) is 1.77. The van der Waals surface area contributed by atoms with Crippen molar-refractivity contribution in [1.82, 2.24) is 0 Å². The number of carbonyl (C=O) groups excluding carboxylic acids is 1. The van der Waals surface area contributed by atoms with Gasteiger partial charge in [-0.1, -0.05) is 0 Å². The van der Waals surface area contributed by atoms with Crippen LogP contribution in [0.2, 0.25) is 0 Å². The molecule has 0 saturated carbocycles. The fourth-order valence-electron chi connectivity index (χ4n) is 0.672. The van der Waals surface area contributed by atoms with E-state index >= 15 is 0 Å². The minimum absolute atomic E-state index is 0.370. The Balaban J connectivity index is 3.36. The van der Waals surface area contributed by atoms with Crippen molar-refractivity contribution in [2.45, 2.75) is 25.3 Å². The molecule has 0 fully saturated rings. The van der Waals surface area contributed by atoms with Crippen molar-refractivity contribution in [2.24, 2.45) is 11.5 Å². The van der Waals surface area contributed by atoms with Crippen LogP contribution >= 0.6 is 0 Å². The molecule has 4 nitrogen and oxygen atoms in total. The Kier molecular flexibility index (Phi) is 6.90. The Labute approximate surface area is 79.1 Å². The molecule has 0 radical (unpaired) electrons. The van der Waals surface area contributed by atoms with Gasteiger partial charge in [0.2, 0.25) is 0 Å². The molecule has 0 aromatic heterocycles. The first kappa shape index (κ1) is 11.1. The number of hydrogen-bond acceptors (Lipinski definition) is 4. The molecule has 1 atom stereocenters. The zero-order valence-electron chi connectivity index (χ0n) is 6.18. The van der Waals surface area contributed by atoms with Gasteiger partial charge in [-0.2, -0.15) is 0 Å². The van der Waals surface area contributed by atoms with E-state index in [0.29, 0.717) is 13.0 Å². The van der Waals surface area contributed by atoms with Crippen LogP contribution in [0.5, 0.6) is 0 Å². The summed E-state index contributed by atoms with van der Waals surface area (Å²) in [6.45, 7) is 0.643. The zero-order valence-corrected chi connectivity index (χ0v) is 8.34. The van der Waals surface area contributed by atoms with Gasteiger partial charge in [-0.25, -0.2) is 0 Å². The molecular weight excluding hydrogens is 329 g/mol. The van der Waals surface area contributed by atoms with Crippen molar-refractivity contribution < 1.29 is 29.5 Å². The first-order chi connectivity index (χ1) is 5.22. The van der Waals surface area contributed by atoms with Gasteiger partial charge < -0.3 is 0 Å². The second-order valence-electron chi connectivity index (χ2n) is 2.27. The minimum atomic E-state index is -0.494. The standard InChI is InChI=1S/C6H14N2O2.Au/c7-4-2-1-3-5(8)6(9)10;/h5H,1-4,7-8H2,(H,9,10);/q;+1/p-1/t5-;/m0./s1. The van der Waals surface area contributed by atoms with Crippen molar-refractivity contribution in [2.75, 3.05) is 6.54 Å². The Bertz CT molecular complexity index is 121. The number of rotatable bonds is 5. The SMILES string of the molecule is NCCCC[C@H](N)C(=O)[O][Au]. The fourth-order valence-corrected chi connectivity index (χ4v) is 1.00. The third-order valence-electron chi connectivity index (χ3n) is 1.33. The summed E-state index contributed by atoms with van der Waals surface area (Å²) in [6, 6.07) is -0.494. The summed E-state index contributed by atoms with van der Waals surface area (Å²) in [7, 11) is 0. The number of carbonyl (C=O) groups is 1. The van der Waals surface area contributed by atoms with E-state index in [4.69, 9.17) is 11.5 Å². The van der Waals surface area contributed by atoms with E-state index in [0.717, 1.165) is 12.8 Å². The second kappa shape index (κ2) is 6.82. The molecule has 0 amide bonds. The maximum absolute atomic E-state index is 10.7. The second-order valence-corrected chi connectivity index (χ2v) is 2.71. The van der Waals surface area contributed by atoms with E-state index in [1.165, 1.54) is 0 Å². The molecule has 0 aliphatic carbocycles. The molecular formula is C6H13AuN2O2. The van der Waals surface area contributed by atoms with Crippen LogP contribution < -0.4 is 11.5 Å². The topological polar surface area (TPSA) is 78.3 Å². The van der Waals surface area contributed by atoms with E-state index in [9.17, 15) is 4.79 Å². The third kappa shape index (κ3) is 5.41. The molecule has 5 heteroatoms. The normalized spacial score (nSPS) is 12.7. The summed E-state index contributed by atoms with van der Waals surface area (Å²) in [5.74, 6) is -0.370. The molecule has 0 spiro atoms. The van der Waals surface area contributed by atoms with Crippen molar-refractivity contribution >= 4 is 5.97 Å². The summed E-state index contributed by atoms with van der Waals surface area (Å²) in [5.41, 5.74) is 10.7. The molecule has 0 saturated heterocycles. The van der Waals surface area contributed by atoms with Crippen LogP contribution in [-0.4, -0.2) is 18.6 Å². The molecule has 0 aromatic carbocycles. The molecule has 11 heavy (non-hydrogen) atoms. The van der Waals surface area contributed by atoms with E-state index in [-0.39, 0.29) is 5.97 Å². The molecule has 0 unspecified atom stereocenters. The van der Waals surface area contributed by atoms with E-state index in [2.05, 4.69) is 3.24 Å². The van der Waals surface area contributed by atoms with Gasteiger partial charge in [-0.05, 0) is 0 Å². The summed E-state index contributed by atoms with van der Waals surface area (Å²) < 4.78 is 4.39. The van der Waals surface area contributed by atoms with Crippen LogP contribution in [-0.2, 0) is 29.5 Å². The molecule has 70 valence electrons. The van der Waals surface area contributed by atoms with E-state index in [1.807, 2.05) is 0 Å². The average molecular weight is 342 g/mol. The average Bonchev–Trinajstić information content (AvgIpc) is 2.03. The first-order valence-electron chi connectivity index (χ1n) is 3.47. The van der Waals surface area contributed by atoms with Crippen LogP contribution in [0.3, 0.4) is 0 Å². The van der Waals surface area contributed by atoms with Gasteiger partial charge in [-0.3, -0.25) is 0 Å². The van der Waals surface area contributed by atoms with Gasteiger partial charge in [0.1, 0.15) is 0 Å². The Morgan fingerprint density at radius 1 is 1.55 bits per heavy atom.